The SMILES string of the molecule is COc1cc(O)c(C(C)(C)C)cc1C=CC(=O)c1ccc([As]C)cc1. The van der Waals surface area contributed by atoms with Gasteiger partial charge in [0.1, 0.15) is 0 Å². The molecule has 2 aromatic rings. The third kappa shape index (κ3) is 4.76. The topological polar surface area (TPSA) is 46.5 Å². The Balaban J connectivity index is 2.34. The summed E-state index contributed by atoms with van der Waals surface area (Å²) < 4.78 is 6.64. The monoisotopic (exact) mass is 399 g/mol. The average molecular weight is 399 g/mol. The number of hydrogen-bond acceptors (Lipinski definition) is 3. The van der Waals surface area contributed by atoms with Gasteiger partial charge in [-0.1, -0.05) is 0 Å². The molecule has 0 heterocycles. The van der Waals surface area contributed by atoms with Crippen molar-refractivity contribution in [2.45, 2.75) is 31.9 Å². The molecular formula is C21H24AsO3. The van der Waals surface area contributed by atoms with E-state index in [2.05, 4.69) is 5.71 Å². The van der Waals surface area contributed by atoms with Crippen LogP contribution in [-0.2, 0) is 5.41 Å². The number of phenols is 1. The zero-order valence-corrected chi connectivity index (χ0v) is 17.2. The summed E-state index contributed by atoms with van der Waals surface area (Å²) in [6.45, 7) is 6.10. The molecule has 0 amide bonds. The van der Waals surface area contributed by atoms with Crippen molar-refractivity contribution in [2.75, 3.05) is 7.11 Å². The van der Waals surface area contributed by atoms with Gasteiger partial charge in [-0.3, -0.25) is 0 Å². The summed E-state index contributed by atoms with van der Waals surface area (Å²) in [5.74, 6) is 0.692. The van der Waals surface area contributed by atoms with Crippen LogP contribution in [0.5, 0.6) is 11.5 Å². The Morgan fingerprint density at radius 3 is 2.32 bits per heavy atom. The van der Waals surface area contributed by atoms with Gasteiger partial charge in [-0.15, -0.1) is 0 Å². The van der Waals surface area contributed by atoms with Gasteiger partial charge in [0.05, 0.1) is 0 Å². The Bertz CT molecular complexity index is 784. The Labute approximate surface area is 156 Å². The van der Waals surface area contributed by atoms with Crippen LogP contribution in [0.25, 0.3) is 6.08 Å². The van der Waals surface area contributed by atoms with Gasteiger partial charge in [-0.2, -0.15) is 0 Å². The van der Waals surface area contributed by atoms with Crippen molar-refractivity contribution in [1.29, 1.82) is 0 Å². The van der Waals surface area contributed by atoms with E-state index in [4.69, 9.17) is 4.74 Å². The van der Waals surface area contributed by atoms with Crippen molar-refractivity contribution < 1.29 is 14.6 Å². The molecule has 1 radical (unpaired) electrons. The maximum absolute atomic E-state index is 12.4. The van der Waals surface area contributed by atoms with Crippen molar-refractivity contribution in [3.8, 4) is 11.5 Å². The number of ether oxygens (including phenoxy) is 1. The van der Waals surface area contributed by atoms with E-state index < -0.39 is 0 Å². The van der Waals surface area contributed by atoms with Crippen molar-refractivity contribution in [3.05, 3.63) is 59.2 Å². The second-order valence-corrected chi connectivity index (χ2v) is 8.85. The number of aromatic hydroxyl groups is 1. The Hall–Kier alpha value is -1.99. The van der Waals surface area contributed by atoms with Gasteiger partial charge >= 0.3 is 156 Å². The molecule has 0 atom stereocenters. The fourth-order valence-corrected chi connectivity index (χ4v) is 3.47. The van der Waals surface area contributed by atoms with Crippen molar-refractivity contribution in [1.82, 2.24) is 0 Å². The molecule has 0 aliphatic heterocycles. The van der Waals surface area contributed by atoms with Crippen molar-refractivity contribution in [3.63, 3.8) is 0 Å². The van der Waals surface area contributed by atoms with Gasteiger partial charge in [0, 0.05) is 0 Å². The van der Waals surface area contributed by atoms with Crippen LogP contribution in [0.2, 0.25) is 5.71 Å². The molecule has 0 aromatic heterocycles. The van der Waals surface area contributed by atoms with Crippen molar-refractivity contribution >= 4 is 32.0 Å². The van der Waals surface area contributed by atoms with Crippen LogP contribution in [0.3, 0.4) is 0 Å². The second-order valence-electron chi connectivity index (χ2n) is 6.83. The third-order valence-corrected chi connectivity index (χ3v) is 5.69. The first-order valence-corrected chi connectivity index (χ1v) is 10.9. The van der Waals surface area contributed by atoms with Crippen LogP contribution in [-0.4, -0.2) is 33.8 Å². The minimum atomic E-state index is -0.207. The van der Waals surface area contributed by atoms with E-state index in [1.807, 2.05) is 51.1 Å². The molecule has 2 rings (SSSR count). The molecule has 0 fully saturated rings. The van der Waals surface area contributed by atoms with Crippen LogP contribution in [0.15, 0.2) is 42.5 Å². The van der Waals surface area contributed by atoms with Crippen LogP contribution in [0, 0.1) is 0 Å². The van der Waals surface area contributed by atoms with E-state index >= 15 is 0 Å². The van der Waals surface area contributed by atoms with Gasteiger partial charge in [-0.25, -0.2) is 0 Å². The number of methoxy groups -OCH3 is 1. The summed E-state index contributed by atoms with van der Waals surface area (Å²) >= 11 is 0.172. The summed E-state index contributed by atoms with van der Waals surface area (Å²) in [5, 5.41) is 10.2. The number of ketones is 1. The van der Waals surface area contributed by atoms with Gasteiger partial charge < -0.3 is 0 Å². The molecular weight excluding hydrogens is 375 g/mol. The zero-order chi connectivity index (χ0) is 18.6. The van der Waals surface area contributed by atoms with Gasteiger partial charge in [0.15, 0.2) is 0 Å². The van der Waals surface area contributed by atoms with Crippen LogP contribution in [0.1, 0.15) is 42.3 Å². The molecule has 0 unspecified atom stereocenters. The number of hydrogen-bond donors (Lipinski definition) is 1. The van der Waals surface area contributed by atoms with Crippen LogP contribution >= 0.6 is 0 Å². The molecule has 0 aliphatic rings. The molecule has 3 nitrogen and oxygen atoms in total. The first-order chi connectivity index (χ1) is 11.8. The Kier molecular flexibility index (Phi) is 6.13. The van der Waals surface area contributed by atoms with E-state index in [0.717, 1.165) is 11.1 Å². The molecule has 0 saturated carbocycles. The molecule has 4 heteroatoms. The second kappa shape index (κ2) is 7.93. The Morgan fingerprint density at radius 2 is 1.80 bits per heavy atom. The molecule has 0 spiro atoms. The zero-order valence-electron chi connectivity index (χ0n) is 15.3. The maximum atomic E-state index is 12.4. The number of phenolic OH excluding ortho intramolecular Hbond substituents is 1. The molecule has 0 bridgehead atoms. The van der Waals surface area contributed by atoms with E-state index in [1.54, 1.807) is 25.3 Å². The number of carbonyl (C=O) groups excluding carboxylic acids is 1. The first-order valence-electron chi connectivity index (χ1n) is 8.10. The number of rotatable bonds is 5. The first kappa shape index (κ1) is 19.3. The standard InChI is InChI=1S/C21H24AsO3/c1-21(2,3)17-12-15(20(25-5)13-19(17)24)8-11-18(23)14-6-9-16(22-4)10-7-14/h6-13,24H,1-5H3. The predicted octanol–water partition coefficient (Wildman–Crippen LogP) is 3.97. The fraction of sp³-hybridized carbons (Fsp3) is 0.286. The fourth-order valence-electron chi connectivity index (χ4n) is 2.53. The molecule has 1 N–H and O–H groups in total. The summed E-state index contributed by atoms with van der Waals surface area (Å²) in [7, 11) is 1.55. The molecule has 131 valence electrons. The third-order valence-electron chi connectivity index (χ3n) is 3.98. The van der Waals surface area contributed by atoms with Crippen molar-refractivity contribution in [2.24, 2.45) is 0 Å². The minimum absolute atomic E-state index is 0.0497. The van der Waals surface area contributed by atoms with E-state index in [0.29, 0.717) is 11.3 Å². The average Bonchev–Trinajstić information content (AvgIpc) is 2.59. The molecule has 2 aromatic carbocycles. The quantitative estimate of drug-likeness (QED) is 0.470. The van der Waals surface area contributed by atoms with Gasteiger partial charge in [-0.05, 0) is 0 Å². The summed E-state index contributed by atoms with van der Waals surface area (Å²) in [5.41, 5.74) is 4.23. The van der Waals surface area contributed by atoms with Crippen LogP contribution < -0.4 is 9.09 Å². The van der Waals surface area contributed by atoms with Crippen LogP contribution in [0.4, 0.5) is 0 Å². The number of allylic oxidation sites excluding steroid dienone is 1. The number of benzene rings is 2. The molecule has 25 heavy (non-hydrogen) atoms. The summed E-state index contributed by atoms with van der Waals surface area (Å²) in [6.07, 6.45) is 3.30. The molecule has 0 aliphatic carbocycles. The van der Waals surface area contributed by atoms with Gasteiger partial charge in [0.25, 0.3) is 0 Å². The predicted molar refractivity (Wildman–Crippen MR) is 104 cm³/mol. The van der Waals surface area contributed by atoms with E-state index in [-0.39, 0.29) is 32.7 Å². The van der Waals surface area contributed by atoms with E-state index in [1.165, 1.54) is 4.35 Å². The Morgan fingerprint density at radius 1 is 1.16 bits per heavy atom. The van der Waals surface area contributed by atoms with Gasteiger partial charge in [0.2, 0.25) is 0 Å². The summed E-state index contributed by atoms with van der Waals surface area (Å²) in [4.78, 5) is 12.4. The molecule has 0 saturated heterocycles. The number of carbonyl (C=O) groups is 1. The normalized spacial score (nSPS) is 12.2. The summed E-state index contributed by atoms with van der Waals surface area (Å²) in [6, 6.07) is 11.2. The van der Waals surface area contributed by atoms with E-state index in [9.17, 15) is 9.90 Å².